The Labute approximate surface area is 111 Å². The number of aromatic nitrogens is 2. The number of benzene rings is 1. The summed E-state index contributed by atoms with van der Waals surface area (Å²) in [5, 5.41) is 9.59. The highest BCUT2D eigenvalue weighted by Gasteiger charge is 2.10. The maximum absolute atomic E-state index is 12.0. The molecule has 6 heteroatoms. The van der Waals surface area contributed by atoms with Crippen LogP contribution in [-0.4, -0.2) is 22.6 Å². The molecule has 0 atom stereocenters. The van der Waals surface area contributed by atoms with Crippen LogP contribution in [0.4, 0.5) is 5.69 Å². The third kappa shape index (κ3) is 3.31. The number of rotatable bonds is 5. The monoisotopic (exact) mass is 260 g/mol. The lowest BCUT2D eigenvalue weighted by molar-refractivity contribution is 0.0949. The van der Waals surface area contributed by atoms with Gasteiger partial charge in [-0.15, -0.1) is 0 Å². The molecule has 0 saturated carbocycles. The molecule has 2 N–H and O–H groups in total. The Balaban J connectivity index is 2.02. The van der Waals surface area contributed by atoms with Crippen LogP contribution in [0.2, 0.25) is 0 Å². The van der Waals surface area contributed by atoms with Crippen molar-refractivity contribution in [3.63, 3.8) is 0 Å². The number of hydrogen-bond donors (Lipinski definition) is 2. The van der Waals surface area contributed by atoms with Crippen LogP contribution in [0.1, 0.15) is 28.7 Å². The predicted octanol–water partition coefficient (Wildman–Crippen LogP) is 1.74. The van der Waals surface area contributed by atoms with Crippen molar-refractivity contribution in [2.75, 3.05) is 11.9 Å². The number of aryl methyl sites for hydroxylation is 1. The zero-order valence-electron chi connectivity index (χ0n) is 10.9. The Hall–Kier alpha value is -2.37. The molecule has 0 fully saturated rings. The molecule has 100 valence electrons. The quantitative estimate of drug-likeness (QED) is 0.856. The lowest BCUT2D eigenvalue weighted by Gasteiger charge is -2.09. The summed E-state index contributed by atoms with van der Waals surface area (Å²) in [6.45, 7) is 5.04. The summed E-state index contributed by atoms with van der Waals surface area (Å²) in [7, 11) is 0. The molecule has 0 spiro atoms. The first-order valence-electron chi connectivity index (χ1n) is 6.08. The lowest BCUT2D eigenvalue weighted by atomic mass is 10.1. The number of nitrogens with one attached hydrogen (secondary N) is 2. The van der Waals surface area contributed by atoms with E-state index in [9.17, 15) is 4.79 Å². The van der Waals surface area contributed by atoms with E-state index in [1.807, 2.05) is 26.0 Å². The molecule has 0 bridgehead atoms. The minimum Gasteiger partial charge on any atom is -0.385 e. The first-order chi connectivity index (χ1) is 9.20. The van der Waals surface area contributed by atoms with Crippen molar-refractivity contribution in [3.05, 3.63) is 41.5 Å². The van der Waals surface area contributed by atoms with Crippen molar-refractivity contribution in [3.8, 4) is 0 Å². The van der Waals surface area contributed by atoms with Gasteiger partial charge in [-0.3, -0.25) is 4.79 Å². The maximum Gasteiger partial charge on any atom is 0.251 e. The average Bonchev–Trinajstić information content (AvgIpc) is 2.89. The molecule has 0 radical (unpaired) electrons. The molecule has 1 heterocycles. The van der Waals surface area contributed by atoms with Gasteiger partial charge in [0.25, 0.3) is 5.91 Å². The van der Waals surface area contributed by atoms with Crippen LogP contribution in [0.15, 0.2) is 29.1 Å². The van der Waals surface area contributed by atoms with Crippen molar-refractivity contribution in [1.29, 1.82) is 0 Å². The number of carbonyl (C=O) groups is 1. The summed E-state index contributed by atoms with van der Waals surface area (Å²) < 4.78 is 4.60. The summed E-state index contributed by atoms with van der Waals surface area (Å²) in [5.74, 6) is 0.306. The number of nitrogens with zero attached hydrogens (tertiary/aromatic N) is 2. The fourth-order valence-corrected chi connectivity index (χ4v) is 1.76. The number of hydrogen-bond acceptors (Lipinski definition) is 5. The second kappa shape index (κ2) is 5.99. The summed E-state index contributed by atoms with van der Waals surface area (Å²) in [5.41, 5.74) is 2.57. The normalized spacial score (nSPS) is 10.2. The van der Waals surface area contributed by atoms with Crippen molar-refractivity contribution < 1.29 is 9.32 Å². The van der Waals surface area contributed by atoms with Gasteiger partial charge >= 0.3 is 0 Å². The molecule has 1 aromatic carbocycles. The molecule has 0 aliphatic rings. The molecule has 1 aromatic heterocycles. The van der Waals surface area contributed by atoms with Gasteiger partial charge in [0.2, 0.25) is 6.39 Å². The van der Waals surface area contributed by atoms with Crippen molar-refractivity contribution >= 4 is 11.6 Å². The number of carbonyl (C=O) groups excluding carboxylic acids is 1. The number of amides is 1. The Morgan fingerprint density at radius 1 is 1.42 bits per heavy atom. The van der Waals surface area contributed by atoms with Crippen LogP contribution in [-0.2, 0) is 6.54 Å². The van der Waals surface area contributed by atoms with E-state index in [-0.39, 0.29) is 12.5 Å². The Kier molecular flexibility index (Phi) is 4.12. The SMILES string of the molecule is CCNc1ccc(C(=O)NCc2ncon2)c(C)c1. The zero-order valence-corrected chi connectivity index (χ0v) is 10.9. The molecule has 6 nitrogen and oxygen atoms in total. The minimum absolute atomic E-state index is 0.148. The third-order valence-electron chi connectivity index (χ3n) is 2.67. The van der Waals surface area contributed by atoms with E-state index in [1.54, 1.807) is 6.07 Å². The van der Waals surface area contributed by atoms with Gasteiger partial charge in [0.15, 0.2) is 5.82 Å². The number of anilines is 1. The van der Waals surface area contributed by atoms with Gasteiger partial charge in [0.1, 0.15) is 0 Å². The van der Waals surface area contributed by atoms with Gasteiger partial charge < -0.3 is 15.2 Å². The third-order valence-corrected chi connectivity index (χ3v) is 2.67. The van der Waals surface area contributed by atoms with Gasteiger partial charge in [-0.05, 0) is 37.6 Å². The molecular weight excluding hydrogens is 244 g/mol. The molecule has 2 aromatic rings. The summed E-state index contributed by atoms with van der Waals surface area (Å²) in [6.07, 6.45) is 1.23. The average molecular weight is 260 g/mol. The van der Waals surface area contributed by atoms with Gasteiger partial charge in [-0.1, -0.05) is 5.16 Å². The van der Waals surface area contributed by atoms with Crippen LogP contribution in [0.5, 0.6) is 0 Å². The van der Waals surface area contributed by atoms with Crippen molar-refractivity contribution in [2.24, 2.45) is 0 Å². The Bertz CT molecular complexity index is 552. The Morgan fingerprint density at radius 3 is 2.89 bits per heavy atom. The molecule has 1 amide bonds. The molecule has 0 saturated heterocycles. The Morgan fingerprint density at radius 2 is 2.26 bits per heavy atom. The summed E-state index contributed by atoms with van der Waals surface area (Å²) in [6, 6.07) is 5.64. The van der Waals surface area contributed by atoms with Gasteiger partial charge in [-0.25, -0.2) is 0 Å². The first kappa shape index (κ1) is 13.1. The second-order valence-corrected chi connectivity index (χ2v) is 4.09. The van der Waals surface area contributed by atoms with E-state index in [0.717, 1.165) is 17.8 Å². The first-order valence-corrected chi connectivity index (χ1v) is 6.08. The van der Waals surface area contributed by atoms with E-state index < -0.39 is 0 Å². The smallest absolute Gasteiger partial charge is 0.251 e. The van der Waals surface area contributed by atoms with Crippen LogP contribution in [0.3, 0.4) is 0 Å². The molecule has 0 aliphatic heterocycles. The molecule has 2 rings (SSSR count). The van der Waals surface area contributed by atoms with Crippen LogP contribution < -0.4 is 10.6 Å². The summed E-state index contributed by atoms with van der Waals surface area (Å²) in [4.78, 5) is 15.9. The topological polar surface area (TPSA) is 80.0 Å². The molecule has 0 unspecified atom stereocenters. The van der Waals surface area contributed by atoms with Crippen LogP contribution >= 0.6 is 0 Å². The van der Waals surface area contributed by atoms with Crippen molar-refractivity contribution in [1.82, 2.24) is 15.5 Å². The highest BCUT2D eigenvalue weighted by atomic mass is 16.5. The largest absolute Gasteiger partial charge is 0.385 e. The van der Waals surface area contributed by atoms with Gasteiger partial charge in [0, 0.05) is 17.8 Å². The zero-order chi connectivity index (χ0) is 13.7. The fourth-order valence-electron chi connectivity index (χ4n) is 1.76. The van der Waals surface area contributed by atoms with E-state index in [2.05, 4.69) is 25.3 Å². The molecular formula is C13H16N4O2. The molecule has 19 heavy (non-hydrogen) atoms. The van der Waals surface area contributed by atoms with E-state index in [0.29, 0.717) is 11.4 Å². The minimum atomic E-state index is -0.148. The van der Waals surface area contributed by atoms with E-state index in [4.69, 9.17) is 0 Å². The van der Waals surface area contributed by atoms with Gasteiger partial charge in [0.05, 0.1) is 6.54 Å². The van der Waals surface area contributed by atoms with Crippen molar-refractivity contribution in [2.45, 2.75) is 20.4 Å². The van der Waals surface area contributed by atoms with Crippen LogP contribution in [0.25, 0.3) is 0 Å². The second-order valence-electron chi connectivity index (χ2n) is 4.09. The lowest BCUT2D eigenvalue weighted by Crippen LogP contribution is -2.24. The highest BCUT2D eigenvalue weighted by molar-refractivity contribution is 5.95. The molecule has 0 aliphatic carbocycles. The predicted molar refractivity (Wildman–Crippen MR) is 70.8 cm³/mol. The summed E-state index contributed by atoms with van der Waals surface area (Å²) >= 11 is 0. The highest BCUT2D eigenvalue weighted by Crippen LogP contribution is 2.15. The fraction of sp³-hybridized carbons (Fsp3) is 0.308. The van der Waals surface area contributed by atoms with E-state index >= 15 is 0 Å². The van der Waals surface area contributed by atoms with E-state index in [1.165, 1.54) is 6.39 Å². The standard InChI is InChI=1S/C13H16N4O2/c1-3-14-10-4-5-11(9(2)6-10)13(18)15-7-12-16-8-19-17-12/h4-6,8,14H,3,7H2,1-2H3,(H,15,18). The van der Waals surface area contributed by atoms with Gasteiger partial charge in [-0.2, -0.15) is 4.98 Å². The van der Waals surface area contributed by atoms with Crippen LogP contribution in [0, 0.1) is 6.92 Å². The maximum atomic E-state index is 12.0.